The Morgan fingerprint density at radius 2 is 1.48 bits per heavy atom. The molecule has 0 aromatic heterocycles. The summed E-state index contributed by atoms with van der Waals surface area (Å²) in [7, 11) is 1.14. The highest BCUT2D eigenvalue weighted by molar-refractivity contribution is 6.23. The van der Waals surface area contributed by atoms with E-state index in [1.54, 1.807) is 0 Å². The van der Waals surface area contributed by atoms with Crippen molar-refractivity contribution in [3.8, 4) is 0 Å². The predicted molar refractivity (Wildman–Crippen MR) is 92.1 cm³/mol. The van der Waals surface area contributed by atoms with E-state index >= 15 is 0 Å². The van der Waals surface area contributed by atoms with E-state index in [0.717, 1.165) is 7.11 Å². The molecule has 0 aliphatic heterocycles. The van der Waals surface area contributed by atoms with E-state index < -0.39 is 64.4 Å². The van der Waals surface area contributed by atoms with E-state index in [9.17, 15) is 22.4 Å². The molecule has 0 amide bonds. The van der Waals surface area contributed by atoms with E-state index in [0.29, 0.717) is 6.42 Å². The lowest BCUT2D eigenvalue weighted by Gasteiger charge is -2.15. The molecule has 2 atom stereocenters. The fraction of sp³-hybridized carbons (Fsp3) is 0.632. The van der Waals surface area contributed by atoms with Crippen LogP contribution in [0.25, 0.3) is 0 Å². The molecule has 1 aliphatic rings. The highest BCUT2D eigenvalue weighted by Crippen LogP contribution is 2.62. The Kier molecular flexibility index (Phi) is 6.17. The highest BCUT2D eigenvalue weighted by Gasteiger charge is 2.63. The largest absolute Gasteiger partial charge is 0.460 e. The molecular weight excluding hydrogens is 388 g/mol. The van der Waals surface area contributed by atoms with Crippen LogP contribution >= 0.6 is 11.6 Å². The van der Waals surface area contributed by atoms with Crippen LogP contribution in [0.1, 0.15) is 45.2 Å². The molecule has 1 aromatic rings. The standard InChI is InChI=1S/C19H23ClF4O3/c1-18(2,20)6-11-12(19(11,3)4)17(25)27-8-10-15(23)13(21)9(7-26-5)14(22)16(10)24/h11-12H,6-8H2,1-5H3. The molecule has 0 spiro atoms. The first-order chi connectivity index (χ1) is 12.3. The van der Waals surface area contributed by atoms with Gasteiger partial charge in [0.2, 0.25) is 0 Å². The van der Waals surface area contributed by atoms with Gasteiger partial charge in [-0.15, -0.1) is 11.6 Å². The number of hydrogen-bond acceptors (Lipinski definition) is 3. The Hall–Kier alpha value is -1.34. The predicted octanol–water partition coefficient (Wildman–Crippen LogP) is 5.11. The molecule has 2 rings (SSSR count). The molecule has 0 heterocycles. The second-order valence-corrected chi connectivity index (χ2v) is 9.11. The second-order valence-electron chi connectivity index (χ2n) is 8.08. The van der Waals surface area contributed by atoms with Crippen LogP contribution in [-0.4, -0.2) is 18.0 Å². The Morgan fingerprint density at radius 1 is 1.04 bits per heavy atom. The molecule has 1 aromatic carbocycles. The van der Waals surface area contributed by atoms with Gasteiger partial charge in [-0.1, -0.05) is 13.8 Å². The molecule has 8 heteroatoms. The minimum Gasteiger partial charge on any atom is -0.460 e. The summed E-state index contributed by atoms with van der Waals surface area (Å²) in [6, 6.07) is 0. The van der Waals surface area contributed by atoms with Gasteiger partial charge in [-0.3, -0.25) is 4.79 Å². The molecule has 152 valence electrons. The quantitative estimate of drug-likeness (QED) is 0.271. The first-order valence-electron chi connectivity index (χ1n) is 8.51. The van der Waals surface area contributed by atoms with Gasteiger partial charge in [0.1, 0.15) is 6.61 Å². The fourth-order valence-corrected chi connectivity index (χ4v) is 3.64. The maximum Gasteiger partial charge on any atom is 0.310 e. The van der Waals surface area contributed by atoms with E-state index in [4.69, 9.17) is 16.3 Å². The topological polar surface area (TPSA) is 35.5 Å². The number of ether oxygens (including phenoxy) is 2. The minimum absolute atomic E-state index is 0.0512. The Bertz CT molecular complexity index is 714. The number of alkyl halides is 1. The molecule has 1 aliphatic carbocycles. The summed E-state index contributed by atoms with van der Waals surface area (Å²) in [6.07, 6.45) is 0.555. The zero-order valence-electron chi connectivity index (χ0n) is 15.9. The van der Waals surface area contributed by atoms with Gasteiger partial charge in [0, 0.05) is 12.0 Å². The number of carbonyl (C=O) groups is 1. The number of hydrogen-bond donors (Lipinski definition) is 0. The summed E-state index contributed by atoms with van der Waals surface area (Å²) in [5.74, 6) is -7.53. The Balaban J connectivity index is 2.15. The molecule has 0 radical (unpaired) electrons. The Labute approximate surface area is 161 Å². The maximum atomic E-state index is 14.1. The van der Waals surface area contributed by atoms with Crippen LogP contribution in [0.3, 0.4) is 0 Å². The summed E-state index contributed by atoms with van der Waals surface area (Å²) in [4.78, 5) is 11.8. The van der Waals surface area contributed by atoms with Crippen LogP contribution in [0, 0.1) is 40.5 Å². The van der Waals surface area contributed by atoms with Crippen LogP contribution < -0.4 is 0 Å². The molecular formula is C19H23ClF4O3. The van der Waals surface area contributed by atoms with Crippen LogP contribution in [0.4, 0.5) is 17.6 Å². The lowest BCUT2D eigenvalue weighted by molar-refractivity contribution is -0.147. The normalized spacial score (nSPS) is 21.3. The van der Waals surface area contributed by atoms with Crippen molar-refractivity contribution in [2.24, 2.45) is 17.3 Å². The number of rotatable bonds is 7. The van der Waals surface area contributed by atoms with Gasteiger partial charge in [0.15, 0.2) is 23.3 Å². The SMILES string of the molecule is COCc1c(F)c(F)c(COC(=O)C2C(CC(C)(C)Cl)C2(C)C)c(F)c1F. The van der Waals surface area contributed by atoms with Crippen molar-refractivity contribution in [2.45, 2.75) is 52.2 Å². The van der Waals surface area contributed by atoms with Crippen LogP contribution in [0.15, 0.2) is 0 Å². The third-order valence-electron chi connectivity index (χ3n) is 5.10. The average molecular weight is 411 g/mol. The van der Waals surface area contributed by atoms with Crippen molar-refractivity contribution in [1.29, 1.82) is 0 Å². The number of carbonyl (C=O) groups excluding carboxylic acids is 1. The van der Waals surface area contributed by atoms with Crippen molar-refractivity contribution >= 4 is 17.6 Å². The summed E-state index contributed by atoms with van der Waals surface area (Å²) < 4.78 is 65.6. The van der Waals surface area contributed by atoms with Gasteiger partial charge in [-0.2, -0.15) is 0 Å². The smallest absolute Gasteiger partial charge is 0.310 e. The van der Waals surface area contributed by atoms with Gasteiger partial charge < -0.3 is 9.47 Å². The number of halogens is 5. The number of methoxy groups -OCH3 is 1. The first kappa shape index (κ1) is 22.0. The van der Waals surface area contributed by atoms with Gasteiger partial charge in [-0.25, -0.2) is 17.6 Å². The number of benzene rings is 1. The number of esters is 1. The van der Waals surface area contributed by atoms with Crippen molar-refractivity contribution in [1.82, 2.24) is 0 Å². The zero-order valence-corrected chi connectivity index (χ0v) is 16.6. The van der Waals surface area contributed by atoms with Crippen LogP contribution in [0.5, 0.6) is 0 Å². The lowest BCUT2D eigenvalue weighted by atomic mass is 10.0. The molecule has 0 saturated heterocycles. The summed E-state index contributed by atoms with van der Waals surface area (Å²) in [6.45, 7) is 5.85. The van der Waals surface area contributed by atoms with Gasteiger partial charge in [0.25, 0.3) is 0 Å². The lowest BCUT2D eigenvalue weighted by Crippen LogP contribution is -2.16. The molecule has 0 bridgehead atoms. The minimum atomic E-state index is -1.60. The first-order valence-corrected chi connectivity index (χ1v) is 8.88. The maximum absolute atomic E-state index is 14.1. The van der Waals surface area contributed by atoms with Crippen LogP contribution in [0.2, 0.25) is 0 Å². The van der Waals surface area contributed by atoms with Gasteiger partial charge >= 0.3 is 5.97 Å². The van der Waals surface area contributed by atoms with E-state index in [1.165, 1.54) is 0 Å². The molecule has 27 heavy (non-hydrogen) atoms. The summed E-state index contributed by atoms with van der Waals surface area (Å²) in [5.41, 5.74) is -2.19. The Morgan fingerprint density at radius 3 is 1.89 bits per heavy atom. The third kappa shape index (κ3) is 4.40. The summed E-state index contributed by atoms with van der Waals surface area (Å²) >= 11 is 6.21. The highest BCUT2D eigenvalue weighted by atomic mass is 35.5. The second kappa shape index (κ2) is 7.59. The van der Waals surface area contributed by atoms with Crippen LogP contribution in [-0.2, 0) is 27.5 Å². The monoisotopic (exact) mass is 410 g/mol. The summed E-state index contributed by atoms with van der Waals surface area (Å²) in [5, 5.41) is 0. The molecule has 3 nitrogen and oxygen atoms in total. The van der Waals surface area contributed by atoms with Crippen molar-refractivity contribution in [3.05, 3.63) is 34.4 Å². The molecule has 0 N–H and O–H groups in total. The molecule has 2 unspecified atom stereocenters. The van der Waals surface area contributed by atoms with Gasteiger partial charge in [-0.05, 0) is 31.6 Å². The zero-order chi connectivity index (χ0) is 20.7. The fourth-order valence-electron chi connectivity index (χ4n) is 3.47. The van der Waals surface area contributed by atoms with Crippen molar-refractivity contribution < 1.29 is 31.8 Å². The third-order valence-corrected chi connectivity index (χ3v) is 5.26. The van der Waals surface area contributed by atoms with E-state index in [1.807, 2.05) is 27.7 Å². The van der Waals surface area contributed by atoms with Crippen molar-refractivity contribution in [2.75, 3.05) is 7.11 Å². The van der Waals surface area contributed by atoms with Crippen molar-refractivity contribution in [3.63, 3.8) is 0 Å². The molecule has 1 saturated carbocycles. The van der Waals surface area contributed by atoms with E-state index in [2.05, 4.69) is 4.74 Å². The van der Waals surface area contributed by atoms with Gasteiger partial charge in [0.05, 0.1) is 23.7 Å². The van der Waals surface area contributed by atoms with E-state index in [-0.39, 0.29) is 11.3 Å². The average Bonchev–Trinajstić information content (AvgIpc) is 3.07. The molecule has 1 fully saturated rings.